The van der Waals surface area contributed by atoms with E-state index in [0.29, 0.717) is 27.0 Å². The van der Waals surface area contributed by atoms with Gasteiger partial charge in [0.1, 0.15) is 6.07 Å². The minimum atomic E-state index is -0.260. The highest BCUT2D eigenvalue weighted by atomic mass is 35.5. The maximum Gasteiger partial charge on any atom is 0.243 e. The third kappa shape index (κ3) is 4.12. The lowest BCUT2D eigenvalue weighted by molar-refractivity contribution is -0.114. The smallest absolute Gasteiger partial charge is 0.243 e. The van der Waals surface area contributed by atoms with Crippen molar-refractivity contribution in [2.24, 2.45) is 0 Å². The summed E-state index contributed by atoms with van der Waals surface area (Å²) in [4.78, 5) is 11.9. The van der Waals surface area contributed by atoms with Gasteiger partial charge in [0.15, 0.2) is 0 Å². The molecule has 0 spiro atoms. The molecule has 2 rings (SSSR count). The van der Waals surface area contributed by atoms with Crippen LogP contribution in [0.2, 0.25) is 10.0 Å². The van der Waals surface area contributed by atoms with Crippen LogP contribution in [-0.2, 0) is 4.79 Å². The minimum Gasteiger partial charge on any atom is -0.376 e. The van der Waals surface area contributed by atoms with Crippen molar-refractivity contribution < 1.29 is 4.79 Å². The number of halogens is 2. The molecule has 0 atom stereocenters. The Morgan fingerprint density at radius 3 is 2.62 bits per heavy atom. The van der Waals surface area contributed by atoms with E-state index in [9.17, 15) is 4.79 Å². The Labute approximate surface area is 132 Å². The zero-order chi connectivity index (χ0) is 15.2. The summed E-state index contributed by atoms with van der Waals surface area (Å²) >= 11 is 11.7. The van der Waals surface area contributed by atoms with Crippen molar-refractivity contribution in [3.63, 3.8) is 0 Å². The molecule has 0 aliphatic rings. The summed E-state index contributed by atoms with van der Waals surface area (Å²) in [7, 11) is 0. The van der Waals surface area contributed by atoms with Crippen LogP contribution >= 0.6 is 23.2 Å². The molecular formula is C15H11Cl2N3O. The Morgan fingerprint density at radius 1 is 1.14 bits per heavy atom. The molecule has 0 aromatic heterocycles. The molecule has 0 aliphatic heterocycles. The van der Waals surface area contributed by atoms with Gasteiger partial charge in [0.05, 0.1) is 27.8 Å². The molecule has 21 heavy (non-hydrogen) atoms. The van der Waals surface area contributed by atoms with Gasteiger partial charge < -0.3 is 10.6 Å². The standard InChI is InChI=1S/C15H11Cl2N3O/c16-12-6-5-11(7-13(12)17)19-9-15(21)20-14-4-2-1-3-10(14)8-18/h1-7,19H,9H2,(H,20,21). The fourth-order valence-corrected chi connectivity index (χ4v) is 1.97. The van der Waals surface area contributed by atoms with Crippen LogP contribution in [0.15, 0.2) is 42.5 Å². The Morgan fingerprint density at radius 2 is 1.90 bits per heavy atom. The summed E-state index contributed by atoms with van der Waals surface area (Å²) in [6, 6.07) is 13.8. The van der Waals surface area contributed by atoms with Crippen molar-refractivity contribution in [2.45, 2.75) is 0 Å². The van der Waals surface area contributed by atoms with E-state index < -0.39 is 0 Å². The van der Waals surface area contributed by atoms with Gasteiger partial charge >= 0.3 is 0 Å². The lowest BCUT2D eigenvalue weighted by atomic mass is 10.2. The first-order valence-corrected chi connectivity index (χ1v) is 6.83. The number of amides is 1. The molecule has 0 unspecified atom stereocenters. The maximum absolute atomic E-state index is 11.9. The molecule has 0 radical (unpaired) electrons. The van der Waals surface area contributed by atoms with Crippen molar-refractivity contribution in [3.05, 3.63) is 58.1 Å². The molecule has 2 aromatic rings. The second-order valence-electron chi connectivity index (χ2n) is 4.19. The molecule has 4 nitrogen and oxygen atoms in total. The predicted molar refractivity (Wildman–Crippen MR) is 84.7 cm³/mol. The number of rotatable bonds is 4. The lowest BCUT2D eigenvalue weighted by Gasteiger charge is -2.09. The summed E-state index contributed by atoms with van der Waals surface area (Å²) in [5.41, 5.74) is 1.59. The van der Waals surface area contributed by atoms with Crippen LogP contribution in [0, 0.1) is 11.3 Å². The molecular weight excluding hydrogens is 309 g/mol. The average Bonchev–Trinajstić information content (AvgIpc) is 2.49. The number of para-hydroxylation sites is 1. The second-order valence-corrected chi connectivity index (χ2v) is 5.00. The highest BCUT2D eigenvalue weighted by Crippen LogP contribution is 2.24. The number of nitrogens with zero attached hydrogens (tertiary/aromatic N) is 1. The van der Waals surface area contributed by atoms with Gasteiger partial charge in [-0.2, -0.15) is 5.26 Å². The van der Waals surface area contributed by atoms with Crippen molar-refractivity contribution in [1.29, 1.82) is 5.26 Å². The van der Waals surface area contributed by atoms with E-state index in [1.807, 2.05) is 6.07 Å². The number of nitriles is 1. The highest BCUT2D eigenvalue weighted by molar-refractivity contribution is 6.42. The monoisotopic (exact) mass is 319 g/mol. The van der Waals surface area contributed by atoms with Gasteiger partial charge in [0.25, 0.3) is 0 Å². The predicted octanol–water partition coefficient (Wildman–Crippen LogP) is 3.92. The van der Waals surface area contributed by atoms with E-state index in [1.54, 1.807) is 42.5 Å². The zero-order valence-electron chi connectivity index (χ0n) is 10.9. The van der Waals surface area contributed by atoms with Crippen molar-refractivity contribution >= 4 is 40.5 Å². The first-order chi connectivity index (χ1) is 10.1. The topological polar surface area (TPSA) is 64.9 Å². The van der Waals surface area contributed by atoms with Crippen LogP contribution in [0.4, 0.5) is 11.4 Å². The summed E-state index contributed by atoms with van der Waals surface area (Å²) in [6.45, 7) is 0.0533. The second kappa shape index (κ2) is 6.98. The van der Waals surface area contributed by atoms with E-state index in [0.717, 1.165) is 0 Å². The number of hydrogen-bond donors (Lipinski definition) is 2. The molecule has 6 heteroatoms. The third-order valence-electron chi connectivity index (χ3n) is 2.69. The molecule has 2 N–H and O–H groups in total. The van der Waals surface area contributed by atoms with Gasteiger partial charge in [0, 0.05) is 5.69 Å². The van der Waals surface area contributed by atoms with E-state index in [-0.39, 0.29) is 12.5 Å². The van der Waals surface area contributed by atoms with Gasteiger partial charge in [-0.15, -0.1) is 0 Å². The van der Waals surface area contributed by atoms with E-state index in [1.165, 1.54) is 0 Å². The van der Waals surface area contributed by atoms with Crippen LogP contribution in [0.25, 0.3) is 0 Å². The molecule has 0 aliphatic carbocycles. The number of carbonyl (C=O) groups excluding carboxylic acids is 1. The Balaban J connectivity index is 1.96. The van der Waals surface area contributed by atoms with E-state index in [4.69, 9.17) is 28.5 Å². The summed E-state index contributed by atoms with van der Waals surface area (Å²) in [6.07, 6.45) is 0. The SMILES string of the molecule is N#Cc1ccccc1NC(=O)CNc1ccc(Cl)c(Cl)c1. The molecule has 0 bridgehead atoms. The maximum atomic E-state index is 11.9. The van der Waals surface area contributed by atoms with Crippen LogP contribution in [0.5, 0.6) is 0 Å². The van der Waals surface area contributed by atoms with Gasteiger partial charge in [-0.05, 0) is 30.3 Å². The largest absolute Gasteiger partial charge is 0.376 e. The molecule has 0 fully saturated rings. The average molecular weight is 320 g/mol. The number of nitrogens with one attached hydrogen (secondary N) is 2. The van der Waals surface area contributed by atoms with E-state index >= 15 is 0 Å². The Kier molecular flexibility index (Phi) is 5.04. The molecule has 2 aromatic carbocycles. The molecule has 0 heterocycles. The highest BCUT2D eigenvalue weighted by Gasteiger charge is 2.06. The van der Waals surface area contributed by atoms with Crippen LogP contribution in [-0.4, -0.2) is 12.5 Å². The van der Waals surface area contributed by atoms with Crippen molar-refractivity contribution in [2.75, 3.05) is 17.2 Å². The number of benzene rings is 2. The molecule has 106 valence electrons. The third-order valence-corrected chi connectivity index (χ3v) is 3.43. The zero-order valence-corrected chi connectivity index (χ0v) is 12.4. The van der Waals surface area contributed by atoms with Gasteiger partial charge in [0.2, 0.25) is 5.91 Å². The first-order valence-electron chi connectivity index (χ1n) is 6.08. The lowest BCUT2D eigenvalue weighted by Crippen LogP contribution is -2.22. The number of hydrogen-bond acceptors (Lipinski definition) is 3. The van der Waals surface area contributed by atoms with Gasteiger partial charge in [-0.1, -0.05) is 35.3 Å². The van der Waals surface area contributed by atoms with Crippen molar-refractivity contribution in [1.82, 2.24) is 0 Å². The molecule has 0 saturated heterocycles. The minimum absolute atomic E-state index is 0.0533. The quantitative estimate of drug-likeness (QED) is 0.897. The van der Waals surface area contributed by atoms with Crippen molar-refractivity contribution in [3.8, 4) is 6.07 Å². The van der Waals surface area contributed by atoms with Crippen LogP contribution in [0.1, 0.15) is 5.56 Å². The summed E-state index contributed by atoms with van der Waals surface area (Å²) in [5, 5.41) is 15.4. The fourth-order valence-electron chi connectivity index (χ4n) is 1.67. The summed E-state index contributed by atoms with van der Waals surface area (Å²) < 4.78 is 0. The Hall–Kier alpha value is -2.22. The summed E-state index contributed by atoms with van der Waals surface area (Å²) in [5.74, 6) is -0.260. The van der Waals surface area contributed by atoms with E-state index in [2.05, 4.69) is 10.6 Å². The fraction of sp³-hybridized carbons (Fsp3) is 0.0667. The normalized spacial score (nSPS) is 9.76. The molecule has 1 amide bonds. The number of anilines is 2. The van der Waals surface area contributed by atoms with Gasteiger partial charge in [-0.3, -0.25) is 4.79 Å². The molecule has 0 saturated carbocycles. The van der Waals surface area contributed by atoms with Crippen LogP contribution < -0.4 is 10.6 Å². The first kappa shape index (κ1) is 15.2. The van der Waals surface area contributed by atoms with Gasteiger partial charge in [-0.25, -0.2) is 0 Å². The van der Waals surface area contributed by atoms with Crippen LogP contribution in [0.3, 0.4) is 0 Å². The number of carbonyl (C=O) groups is 1. The Bertz CT molecular complexity index is 710.